The van der Waals surface area contributed by atoms with E-state index in [1.54, 1.807) is 50.3 Å². The average Bonchev–Trinajstić information content (AvgIpc) is 3.26. The van der Waals surface area contributed by atoms with Gasteiger partial charge in [-0.25, -0.2) is 14.4 Å². The molecule has 8 aliphatic rings. The predicted octanol–water partition coefficient (Wildman–Crippen LogP) is 1.64. The number of hydrogen-bond donors (Lipinski definition) is 11. The molecule has 25 atom stereocenters. The van der Waals surface area contributed by atoms with Crippen molar-refractivity contribution < 1.29 is 108 Å². The predicted molar refractivity (Wildman–Crippen MR) is 282 cm³/mol. The number of fused-ring (bicyclic) bond motifs is 7. The SMILES string of the molecule is CC=C(C)C(=O)O[C@H]1[C@H](OC(=O)c2ccccc2)C(C)(C)C[C@H]2C3=CC[C@@H]4[C@@]5(C)CC[C@H](O[C@@H]6O[C@H](C(=O)O)[C@@H](O)[C@H](O[C@@H]7OC[C@@H](O)[C@H](O)[C@H]7O)[C@H]6O[C@@H]6O[C@H](CO)[C@H](O)[C@H](O)[C@H]6O)C(C)(C)[C@@H]5CC[C@@]4(C)[C@]3(C)C[C@@H](O)[C@]21CO. The number of carbonyl (C=O) groups is 3. The first-order valence-electron chi connectivity index (χ1n) is 28.6. The third kappa shape index (κ3) is 10.1. The van der Waals surface area contributed by atoms with Crippen LogP contribution in [0.5, 0.6) is 0 Å². The first kappa shape index (κ1) is 62.0. The first-order valence-corrected chi connectivity index (χ1v) is 28.6. The lowest BCUT2D eigenvalue weighted by molar-refractivity contribution is -0.392. The third-order valence-electron chi connectivity index (χ3n) is 21.5. The van der Waals surface area contributed by atoms with Gasteiger partial charge in [0.2, 0.25) is 0 Å². The van der Waals surface area contributed by atoms with Gasteiger partial charge < -0.3 is 94.1 Å². The Balaban J connectivity index is 1.03. The van der Waals surface area contributed by atoms with Gasteiger partial charge in [0.1, 0.15) is 67.1 Å². The standard InChI is InChI=1S/C59H86O22/c1-10-27(2)49(72)81-47-46(80-50(73)28-14-12-11-13-15-28)54(3,4)22-30-29-16-17-34-56(7)20-19-36(55(5,6)33(56)18-21-57(34,8)58(29,9)23-35(63)59(30,47)26-61)76-53-45(79-52-41(68)39(66)38(65)32(24-60)75-52)43(42(69)44(78-53)48(70)71)77-51-40(67)37(64)31(62)25-74-51/h10-16,30-47,51-53,60-69H,17-26H2,1-9H3,(H,70,71)/t30-,31+,32+,33-,34+,35+,36-,37-,38-,39-,40+,41+,42-,43-,44-,45+,46-,47-,51-,52-,53+,56-,57+,58+,59-/m0/s1. The van der Waals surface area contributed by atoms with Crippen molar-refractivity contribution in [2.24, 2.45) is 50.2 Å². The highest BCUT2D eigenvalue weighted by Gasteiger charge is 2.74. The highest BCUT2D eigenvalue weighted by molar-refractivity contribution is 5.90. The zero-order valence-electron chi connectivity index (χ0n) is 47.6. The van der Waals surface area contributed by atoms with E-state index in [0.29, 0.717) is 49.7 Å². The number of benzene rings is 1. The molecule has 3 heterocycles. The average molecular weight is 1150 g/mol. The van der Waals surface area contributed by atoms with Crippen molar-refractivity contribution in [3.8, 4) is 0 Å². The second-order valence-electron chi connectivity index (χ2n) is 26.4. The normalized spacial score (nSPS) is 47.5. The molecule has 0 spiro atoms. The lowest BCUT2D eigenvalue weighted by Gasteiger charge is -2.72. The van der Waals surface area contributed by atoms with Crippen LogP contribution in [0.1, 0.15) is 118 Å². The van der Waals surface area contributed by atoms with Gasteiger partial charge in [0.15, 0.2) is 31.1 Å². The van der Waals surface area contributed by atoms with Crippen LogP contribution in [0.3, 0.4) is 0 Å². The van der Waals surface area contributed by atoms with E-state index in [-0.39, 0.29) is 18.3 Å². The van der Waals surface area contributed by atoms with Crippen molar-refractivity contribution in [2.45, 2.75) is 218 Å². The summed E-state index contributed by atoms with van der Waals surface area (Å²) in [5, 5.41) is 121. The van der Waals surface area contributed by atoms with E-state index in [4.69, 9.17) is 37.9 Å². The summed E-state index contributed by atoms with van der Waals surface area (Å²) >= 11 is 0. The minimum Gasteiger partial charge on any atom is -0.479 e. The van der Waals surface area contributed by atoms with Crippen molar-refractivity contribution in [3.63, 3.8) is 0 Å². The fourth-order valence-electron chi connectivity index (χ4n) is 16.5. The Labute approximate surface area is 471 Å². The van der Waals surface area contributed by atoms with Gasteiger partial charge in [-0.3, -0.25) is 0 Å². The van der Waals surface area contributed by atoms with Gasteiger partial charge in [0.25, 0.3) is 0 Å². The quantitative estimate of drug-likeness (QED) is 0.0579. The van der Waals surface area contributed by atoms with Crippen molar-refractivity contribution >= 4 is 17.9 Å². The number of aliphatic hydroxyl groups is 10. The summed E-state index contributed by atoms with van der Waals surface area (Å²) in [7, 11) is 0. The minimum atomic E-state index is -2.11. The number of ether oxygens (including phenoxy) is 8. The van der Waals surface area contributed by atoms with E-state index < -0.39 is 187 Å². The van der Waals surface area contributed by atoms with Gasteiger partial charge in [-0.05, 0) is 110 Å². The second kappa shape index (κ2) is 22.7. The Morgan fingerprint density at radius 1 is 0.716 bits per heavy atom. The Bertz CT molecular complexity index is 2520. The van der Waals surface area contributed by atoms with Crippen LogP contribution in [0.15, 0.2) is 53.6 Å². The zero-order valence-corrected chi connectivity index (χ0v) is 47.6. The molecule has 0 amide bonds. The summed E-state index contributed by atoms with van der Waals surface area (Å²) in [5.74, 6) is -3.47. The third-order valence-corrected chi connectivity index (χ3v) is 21.5. The molecule has 81 heavy (non-hydrogen) atoms. The fourth-order valence-corrected chi connectivity index (χ4v) is 16.5. The van der Waals surface area contributed by atoms with E-state index >= 15 is 0 Å². The van der Waals surface area contributed by atoms with Gasteiger partial charge in [-0.15, -0.1) is 0 Å². The van der Waals surface area contributed by atoms with Gasteiger partial charge in [-0.2, -0.15) is 0 Å². The largest absolute Gasteiger partial charge is 0.479 e. The molecule has 1 aromatic carbocycles. The highest BCUT2D eigenvalue weighted by atomic mass is 16.8. The molecule has 4 saturated carbocycles. The van der Waals surface area contributed by atoms with Crippen molar-refractivity contribution in [3.05, 3.63) is 59.2 Å². The van der Waals surface area contributed by atoms with Crippen molar-refractivity contribution in [2.75, 3.05) is 19.8 Å². The Kier molecular flexibility index (Phi) is 17.4. The first-order chi connectivity index (χ1) is 38.0. The molecule has 22 nitrogen and oxygen atoms in total. The molecule has 0 unspecified atom stereocenters. The molecule has 5 aliphatic carbocycles. The molecule has 454 valence electrons. The number of rotatable bonds is 13. The Hall–Kier alpha value is -3.53. The monoisotopic (exact) mass is 1150 g/mol. The van der Waals surface area contributed by atoms with Crippen LogP contribution in [0.25, 0.3) is 0 Å². The van der Waals surface area contributed by atoms with Crippen LogP contribution in [-0.4, -0.2) is 204 Å². The lowest BCUT2D eigenvalue weighted by atomic mass is 9.33. The number of aliphatic carboxylic acids is 1. The molecule has 0 aromatic heterocycles. The summed E-state index contributed by atoms with van der Waals surface area (Å²) in [5.41, 5.74) is -2.86. The van der Waals surface area contributed by atoms with Crippen LogP contribution in [0.4, 0.5) is 0 Å². The molecular weight excluding hydrogens is 1060 g/mol. The highest BCUT2D eigenvalue weighted by Crippen LogP contribution is 2.76. The van der Waals surface area contributed by atoms with Gasteiger partial charge in [0, 0.05) is 11.0 Å². The number of carboxylic acids is 1. The number of carboxylic acid groups (broad SMARTS) is 1. The summed E-state index contributed by atoms with van der Waals surface area (Å²) < 4.78 is 49.3. The molecule has 0 radical (unpaired) electrons. The number of esters is 2. The minimum absolute atomic E-state index is 0.0157. The molecule has 22 heteroatoms. The second-order valence-corrected chi connectivity index (χ2v) is 26.4. The number of carbonyl (C=O) groups excluding carboxylic acids is 2. The Morgan fingerprint density at radius 2 is 1.38 bits per heavy atom. The molecule has 1 aromatic rings. The molecule has 3 aliphatic heterocycles. The Morgan fingerprint density at radius 3 is 2.02 bits per heavy atom. The molecule has 7 fully saturated rings. The number of aliphatic hydroxyl groups excluding tert-OH is 10. The fraction of sp³-hybridized carbons (Fsp3) is 0.780. The topological polar surface area (TPSA) is 348 Å². The van der Waals surface area contributed by atoms with Crippen LogP contribution in [0.2, 0.25) is 0 Å². The molecule has 9 rings (SSSR count). The number of allylic oxidation sites excluding steroid dienone is 3. The van der Waals surface area contributed by atoms with E-state index in [1.807, 2.05) is 13.8 Å². The zero-order chi connectivity index (χ0) is 59.3. The van der Waals surface area contributed by atoms with E-state index in [9.17, 15) is 70.6 Å². The summed E-state index contributed by atoms with van der Waals surface area (Å²) in [6.07, 6.45) is -22.4. The summed E-state index contributed by atoms with van der Waals surface area (Å²) in [4.78, 5) is 40.7. The van der Waals surface area contributed by atoms with Crippen LogP contribution < -0.4 is 0 Å². The van der Waals surface area contributed by atoms with E-state index in [1.165, 1.54) is 0 Å². The maximum Gasteiger partial charge on any atom is 0.338 e. The van der Waals surface area contributed by atoms with E-state index in [2.05, 4.69) is 40.7 Å². The molecule has 11 N–H and O–H groups in total. The smallest absolute Gasteiger partial charge is 0.338 e. The molecule has 0 bridgehead atoms. The maximum atomic E-state index is 13.9. The van der Waals surface area contributed by atoms with E-state index in [0.717, 1.165) is 5.57 Å². The molecule has 3 saturated heterocycles. The maximum absolute atomic E-state index is 13.9. The summed E-state index contributed by atoms with van der Waals surface area (Å²) in [6.45, 7) is 16.3. The lowest BCUT2D eigenvalue weighted by Crippen LogP contribution is -2.72. The summed E-state index contributed by atoms with van der Waals surface area (Å²) in [6, 6.07) is 8.50. The van der Waals surface area contributed by atoms with Crippen LogP contribution >= 0.6 is 0 Å². The van der Waals surface area contributed by atoms with Gasteiger partial charge >= 0.3 is 17.9 Å². The van der Waals surface area contributed by atoms with Gasteiger partial charge in [0.05, 0.1) is 43.0 Å². The van der Waals surface area contributed by atoms with Crippen molar-refractivity contribution in [1.29, 1.82) is 0 Å². The van der Waals surface area contributed by atoms with Gasteiger partial charge in [-0.1, -0.05) is 84.4 Å². The number of hydrogen-bond acceptors (Lipinski definition) is 21. The van der Waals surface area contributed by atoms with Crippen LogP contribution in [0, 0.1) is 50.2 Å². The molecular formula is C59H86O22. The van der Waals surface area contributed by atoms with Crippen LogP contribution in [-0.2, 0) is 47.5 Å². The van der Waals surface area contributed by atoms with Crippen molar-refractivity contribution in [1.82, 2.24) is 0 Å².